The number of halogens is 1. The van der Waals surface area contributed by atoms with Crippen molar-refractivity contribution in [2.75, 3.05) is 11.9 Å². The van der Waals surface area contributed by atoms with E-state index in [0.29, 0.717) is 30.2 Å². The Kier molecular flexibility index (Phi) is 9.48. The molecule has 1 amide bonds. The van der Waals surface area contributed by atoms with Crippen LogP contribution in [0.15, 0.2) is 53.4 Å². The lowest BCUT2D eigenvalue weighted by molar-refractivity contribution is -0.142. The fraction of sp³-hybridized carbons (Fsp3) is 0.364. The molecule has 0 fully saturated rings. The number of sulfonamides is 1. The molecule has 0 saturated heterocycles. The van der Waals surface area contributed by atoms with Crippen molar-refractivity contribution in [3.63, 3.8) is 0 Å². The highest BCUT2D eigenvalue weighted by Gasteiger charge is 2.25. The van der Waals surface area contributed by atoms with Crippen molar-refractivity contribution in [2.24, 2.45) is 0 Å². The number of hydrogen-bond acceptors (Lipinski definition) is 5. The minimum atomic E-state index is -3.89. The zero-order valence-corrected chi connectivity index (χ0v) is 19.1. The van der Waals surface area contributed by atoms with E-state index in [1.165, 1.54) is 24.3 Å². The van der Waals surface area contributed by atoms with Crippen LogP contribution in [-0.2, 0) is 30.8 Å². The van der Waals surface area contributed by atoms with E-state index in [9.17, 15) is 18.0 Å². The number of esters is 1. The summed E-state index contributed by atoms with van der Waals surface area (Å²) in [6.07, 6.45) is 1.99. The van der Waals surface area contributed by atoms with Gasteiger partial charge >= 0.3 is 5.97 Å². The average molecular weight is 467 g/mol. The molecule has 0 bridgehead atoms. The molecule has 2 rings (SSSR count). The van der Waals surface area contributed by atoms with E-state index in [2.05, 4.69) is 10.0 Å². The van der Waals surface area contributed by atoms with Crippen LogP contribution >= 0.6 is 11.6 Å². The Bertz CT molecular complexity index is 976. The molecule has 0 heterocycles. The Morgan fingerprint density at radius 2 is 1.68 bits per heavy atom. The van der Waals surface area contributed by atoms with Crippen molar-refractivity contribution in [3.8, 4) is 0 Å². The lowest BCUT2D eigenvalue weighted by Crippen LogP contribution is -2.43. The van der Waals surface area contributed by atoms with Crippen molar-refractivity contribution in [1.82, 2.24) is 4.72 Å². The van der Waals surface area contributed by atoms with E-state index in [-0.39, 0.29) is 17.3 Å². The Hall–Kier alpha value is -2.42. The molecule has 0 aromatic heterocycles. The molecule has 0 radical (unpaired) electrons. The molecule has 9 heteroatoms. The van der Waals surface area contributed by atoms with Crippen molar-refractivity contribution in [2.45, 2.75) is 50.5 Å². The molecule has 2 aromatic rings. The summed E-state index contributed by atoms with van der Waals surface area (Å²) in [6.45, 7) is 4.02. The molecule has 0 spiro atoms. The van der Waals surface area contributed by atoms with Gasteiger partial charge in [0.2, 0.25) is 15.9 Å². The van der Waals surface area contributed by atoms with Crippen LogP contribution in [0.5, 0.6) is 0 Å². The summed E-state index contributed by atoms with van der Waals surface area (Å²) in [5.74, 6) is -0.778. The Labute approximate surface area is 188 Å². The number of carbonyl (C=O) groups is 2. The number of anilines is 1. The fourth-order valence-electron chi connectivity index (χ4n) is 2.83. The van der Waals surface area contributed by atoms with Crippen LogP contribution < -0.4 is 10.0 Å². The normalized spacial score (nSPS) is 12.2. The minimum absolute atomic E-state index is 0.0366. The van der Waals surface area contributed by atoms with Crippen molar-refractivity contribution >= 4 is 39.2 Å². The average Bonchev–Trinajstić information content (AvgIpc) is 2.73. The van der Waals surface area contributed by atoms with Crippen LogP contribution in [0.25, 0.3) is 0 Å². The predicted octanol–water partition coefficient (Wildman–Crippen LogP) is 3.92. The number of unbranched alkanes of at least 4 members (excludes halogenated alkanes) is 1. The Morgan fingerprint density at radius 1 is 1.03 bits per heavy atom. The number of nitrogens with one attached hydrogen (secondary N) is 2. The topological polar surface area (TPSA) is 102 Å². The quantitative estimate of drug-likeness (QED) is 0.489. The Balaban J connectivity index is 2.08. The standard InChI is InChI=1S/C22H27ClN2O5S/c1-3-5-6-20(25-31(28,29)19-13-9-17(23)10-14-19)22(27)24-18-11-7-16(8-12-18)15-21(26)30-4-2/h7-14,20,25H,3-6,15H2,1-2H3,(H,24,27)/t20-/m0/s1. The van der Waals surface area contributed by atoms with Gasteiger partial charge in [0.1, 0.15) is 6.04 Å². The molecule has 0 aliphatic heterocycles. The highest BCUT2D eigenvalue weighted by Crippen LogP contribution is 2.17. The van der Waals surface area contributed by atoms with Gasteiger partial charge in [0.05, 0.1) is 17.9 Å². The van der Waals surface area contributed by atoms with E-state index < -0.39 is 22.0 Å². The maximum Gasteiger partial charge on any atom is 0.310 e. The first-order chi connectivity index (χ1) is 14.7. The van der Waals surface area contributed by atoms with Crippen LogP contribution in [0.2, 0.25) is 5.02 Å². The smallest absolute Gasteiger partial charge is 0.310 e. The largest absolute Gasteiger partial charge is 0.466 e. The second-order valence-electron chi connectivity index (χ2n) is 6.94. The van der Waals surface area contributed by atoms with Crippen molar-refractivity contribution in [3.05, 3.63) is 59.1 Å². The number of ether oxygens (including phenoxy) is 1. The van der Waals surface area contributed by atoms with Gasteiger partial charge in [0.15, 0.2) is 0 Å². The van der Waals surface area contributed by atoms with Crippen LogP contribution in [0.4, 0.5) is 5.69 Å². The third-order valence-corrected chi connectivity index (χ3v) is 6.20. The van der Waals surface area contributed by atoms with Crippen LogP contribution in [0.1, 0.15) is 38.7 Å². The van der Waals surface area contributed by atoms with E-state index in [1.54, 1.807) is 31.2 Å². The molecule has 0 aliphatic rings. The molecule has 0 aliphatic carbocycles. The zero-order chi connectivity index (χ0) is 22.9. The third-order valence-electron chi connectivity index (χ3n) is 4.46. The lowest BCUT2D eigenvalue weighted by Gasteiger charge is -2.18. The monoisotopic (exact) mass is 466 g/mol. The van der Waals surface area contributed by atoms with Gasteiger partial charge in [0.25, 0.3) is 0 Å². The molecular weight excluding hydrogens is 440 g/mol. The summed E-state index contributed by atoms with van der Waals surface area (Å²) < 4.78 is 32.8. The molecule has 2 aromatic carbocycles. The van der Waals surface area contributed by atoms with Gasteiger partial charge in [-0.2, -0.15) is 4.72 Å². The maximum atomic E-state index is 12.8. The molecule has 31 heavy (non-hydrogen) atoms. The van der Waals surface area contributed by atoms with E-state index in [4.69, 9.17) is 16.3 Å². The molecule has 168 valence electrons. The SMILES string of the molecule is CCCC[C@H](NS(=O)(=O)c1ccc(Cl)cc1)C(=O)Nc1ccc(CC(=O)OCC)cc1. The molecule has 0 saturated carbocycles. The van der Waals surface area contributed by atoms with Gasteiger partial charge in [-0.15, -0.1) is 0 Å². The fourth-order valence-corrected chi connectivity index (χ4v) is 4.19. The summed E-state index contributed by atoms with van der Waals surface area (Å²) in [6, 6.07) is 11.6. The second kappa shape index (κ2) is 11.8. The van der Waals surface area contributed by atoms with Crippen molar-refractivity contribution in [1.29, 1.82) is 0 Å². The molecule has 7 nitrogen and oxygen atoms in total. The van der Waals surface area contributed by atoms with Gasteiger partial charge in [-0.05, 0) is 55.3 Å². The highest BCUT2D eigenvalue weighted by molar-refractivity contribution is 7.89. The molecule has 1 atom stereocenters. The predicted molar refractivity (Wildman–Crippen MR) is 120 cm³/mol. The van der Waals surface area contributed by atoms with E-state index in [0.717, 1.165) is 12.0 Å². The van der Waals surface area contributed by atoms with Gasteiger partial charge < -0.3 is 10.1 Å². The summed E-state index contributed by atoms with van der Waals surface area (Å²) in [5, 5.41) is 3.16. The van der Waals surface area contributed by atoms with E-state index >= 15 is 0 Å². The number of benzene rings is 2. The summed E-state index contributed by atoms with van der Waals surface area (Å²) in [7, 11) is -3.89. The van der Waals surface area contributed by atoms with Gasteiger partial charge in [-0.3, -0.25) is 9.59 Å². The Morgan fingerprint density at radius 3 is 2.26 bits per heavy atom. The minimum Gasteiger partial charge on any atom is -0.466 e. The zero-order valence-electron chi connectivity index (χ0n) is 17.6. The van der Waals surface area contributed by atoms with Crippen LogP contribution in [-0.4, -0.2) is 32.9 Å². The lowest BCUT2D eigenvalue weighted by atomic mass is 10.1. The maximum absolute atomic E-state index is 12.8. The highest BCUT2D eigenvalue weighted by atomic mass is 35.5. The van der Waals surface area contributed by atoms with Gasteiger partial charge in [-0.25, -0.2) is 8.42 Å². The van der Waals surface area contributed by atoms with Gasteiger partial charge in [-0.1, -0.05) is 43.5 Å². The third kappa shape index (κ3) is 7.97. The number of rotatable bonds is 11. The first kappa shape index (κ1) is 24.8. The molecule has 2 N–H and O–H groups in total. The first-order valence-corrected chi connectivity index (χ1v) is 11.9. The summed E-state index contributed by atoms with van der Waals surface area (Å²) >= 11 is 5.83. The summed E-state index contributed by atoms with van der Waals surface area (Å²) in [4.78, 5) is 24.4. The molecular formula is C22H27ClN2O5S. The number of amides is 1. The van der Waals surface area contributed by atoms with Crippen LogP contribution in [0, 0.1) is 0 Å². The van der Waals surface area contributed by atoms with Crippen LogP contribution in [0.3, 0.4) is 0 Å². The number of hydrogen-bond donors (Lipinski definition) is 2. The first-order valence-electron chi connectivity index (χ1n) is 10.1. The van der Waals surface area contributed by atoms with Crippen molar-refractivity contribution < 1.29 is 22.7 Å². The number of carbonyl (C=O) groups excluding carboxylic acids is 2. The van der Waals surface area contributed by atoms with E-state index in [1.807, 2.05) is 6.92 Å². The van der Waals surface area contributed by atoms with Gasteiger partial charge in [0, 0.05) is 10.7 Å². The molecule has 0 unspecified atom stereocenters. The second-order valence-corrected chi connectivity index (χ2v) is 9.09. The summed E-state index contributed by atoms with van der Waals surface area (Å²) in [5.41, 5.74) is 1.26.